The molecule has 20 heavy (non-hydrogen) atoms. The number of hydrogen-bond donors (Lipinski definition) is 0. The summed E-state index contributed by atoms with van der Waals surface area (Å²) in [5.74, 6) is 0.610. The summed E-state index contributed by atoms with van der Waals surface area (Å²) in [5.41, 5.74) is 0.0812. The Balaban J connectivity index is 2.50. The predicted molar refractivity (Wildman–Crippen MR) is 75.6 cm³/mol. The molecule has 0 radical (unpaired) electrons. The Hall–Kier alpha value is -1.86. The van der Waals surface area contributed by atoms with E-state index in [9.17, 15) is 10.1 Å². The van der Waals surface area contributed by atoms with Gasteiger partial charge in [0.05, 0.1) is 16.9 Å². The van der Waals surface area contributed by atoms with Crippen molar-refractivity contribution in [3.05, 3.63) is 45.4 Å². The Morgan fingerprint density at radius 1 is 1.35 bits per heavy atom. The van der Waals surface area contributed by atoms with Crippen LogP contribution in [0.5, 0.6) is 5.75 Å². The molecule has 2 aromatic rings. The fourth-order valence-corrected chi connectivity index (χ4v) is 2.92. The van der Waals surface area contributed by atoms with E-state index in [0.29, 0.717) is 10.6 Å². The molecule has 0 bridgehead atoms. The van der Waals surface area contributed by atoms with E-state index in [1.165, 1.54) is 14.0 Å². The number of para-hydroxylation sites is 1. The number of halogens is 1. The van der Waals surface area contributed by atoms with Crippen molar-refractivity contribution in [3.8, 4) is 5.75 Å². The number of nitro groups is 1. The van der Waals surface area contributed by atoms with Crippen molar-refractivity contribution in [1.82, 2.24) is 9.97 Å². The van der Waals surface area contributed by atoms with Gasteiger partial charge in [0.15, 0.2) is 5.03 Å². The van der Waals surface area contributed by atoms with E-state index in [-0.39, 0.29) is 21.7 Å². The second-order valence-corrected chi connectivity index (χ2v) is 5.11. The molecule has 0 N–H and O–H groups in total. The molecule has 1 aromatic carbocycles. The zero-order chi connectivity index (χ0) is 14.7. The lowest BCUT2D eigenvalue weighted by molar-refractivity contribution is -0.389. The van der Waals surface area contributed by atoms with Gasteiger partial charge in [0.2, 0.25) is 5.28 Å². The average molecular weight is 312 g/mol. The number of ether oxygens (including phenoxy) is 1. The molecule has 8 heteroatoms. The molecule has 104 valence electrons. The third-order valence-electron chi connectivity index (χ3n) is 2.46. The maximum absolute atomic E-state index is 11.1. The molecule has 6 nitrogen and oxygen atoms in total. The molecule has 0 saturated heterocycles. The van der Waals surface area contributed by atoms with Crippen molar-refractivity contribution in [2.24, 2.45) is 0 Å². The van der Waals surface area contributed by atoms with Crippen LogP contribution < -0.4 is 4.74 Å². The summed E-state index contributed by atoms with van der Waals surface area (Å²) < 4.78 is 5.21. The average Bonchev–Trinajstić information content (AvgIpc) is 2.38. The highest BCUT2D eigenvalue weighted by molar-refractivity contribution is 7.99. The standard InChI is InChI=1S/C12H10ClN3O3S/c1-7-10(16(17)18)11(15-12(13)14-7)20-9-6-4-3-5-8(9)19-2/h3-6H,1-2H3. The summed E-state index contributed by atoms with van der Waals surface area (Å²) in [6, 6.07) is 7.18. The van der Waals surface area contributed by atoms with Crippen LogP contribution in [0.2, 0.25) is 5.28 Å². The van der Waals surface area contributed by atoms with Crippen molar-refractivity contribution >= 4 is 29.1 Å². The van der Waals surface area contributed by atoms with Gasteiger partial charge >= 0.3 is 5.69 Å². The number of methoxy groups -OCH3 is 1. The van der Waals surface area contributed by atoms with Crippen LogP contribution in [-0.2, 0) is 0 Å². The van der Waals surface area contributed by atoms with Gasteiger partial charge in [-0.1, -0.05) is 23.9 Å². The van der Waals surface area contributed by atoms with Gasteiger partial charge in [-0.2, -0.15) is 0 Å². The lowest BCUT2D eigenvalue weighted by atomic mass is 10.3. The third-order valence-corrected chi connectivity index (χ3v) is 3.66. The molecule has 0 fully saturated rings. The molecule has 0 aliphatic heterocycles. The molecule has 0 aliphatic carbocycles. The first-order valence-corrected chi connectivity index (χ1v) is 6.71. The first-order chi connectivity index (χ1) is 9.52. The highest BCUT2D eigenvalue weighted by Gasteiger charge is 2.23. The molecule has 1 aromatic heterocycles. The van der Waals surface area contributed by atoms with E-state index in [0.717, 1.165) is 11.8 Å². The molecule has 0 amide bonds. The topological polar surface area (TPSA) is 78.2 Å². The van der Waals surface area contributed by atoms with Crippen LogP contribution in [0.1, 0.15) is 5.69 Å². The maximum atomic E-state index is 11.1. The molecule has 0 atom stereocenters. The highest BCUT2D eigenvalue weighted by atomic mass is 35.5. The van der Waals surface area contributed by atoms with Gasteiger partial charge in [0, 0.05) is 0 Å². The van der Waals surface area contributed by atoms with E-state index in [4.69, 9.17) is 16.3 Å². The molecule has 0 unspecified atom stereocenters. The van der Waals surface area contributed by atoms with Crippen molar-refractivity contribution < 1.29 is 9.66 Å². The summed E-state index contributed by atoms with van der Waals surface area (Å²) in [4.78, 5) is 19.1. The molecular weight excluding hydrogens is 302 g/mol. The number of hydrogen-bond acceptors (Lipinski definition) is 6. The van der Waals surface area contributed by atoms with Gasteiger partial charge in [-0.3, -0.25) is 10.1 Å². The third kappa shape index (κ3) is 3.00. The normalized spacial score (nSPS) is 10.3. The van der Waals surface area contributed by atoms with Crippen molar-refractivity contribution in [2.75, 3.05) is 7.11 Å². The Bertz CT molecular complexity index is 666. The Morgan fingerprint density at radius 3 is 2.70 bits per heavy atom. The summed E-state index contributed by atoms with van der Waals surface area (Å²) in [5, 5.41) is 11.3. The lowest BCUT2D eigenvalue weighted by Gasteiger charge is -2.08. The number of aryl methyl sites for hydroxylation is 1. The van der Waals surface area contributed by atoms with Gasteiger partial charge in [0.1, 0.15) is 11.4 Å². The minimum Gasteiger partial charge on any atom is -0.496 e. The van der Waals surface area contributed by atoms with Crippen LogP contribution in [0.25, 0.3) is 0 Å². The fraction of sp³-hybridized carbons (Fsp3) is 0.167. The van der Waals surface area contributed by atoms with Gasteiger partial charge in [-0.25, -0.2) is 9.97 Å². The molecule has 2 rings (SSSR count). The highest BCUT2D eigenvalue weighted by Crippen LogP contribution is 2.39. The Labute approximate surface area is 124 Å². The minimum absolute atomic E-state index is 0.0227. The van der Waals surface area contributed by atoms with Crippen LogP contribution in [0.15, 0.2) is 34.2 Å². The number of rotatable bonds is 4. The number of benzene rings is 1. The SMILES string of the molecule is COc1ccccc1Sc1nc(Cl)nc(C)c1[N+](=O)[O-]. The minimum atomic E-state index is -0.511. The van der Waals surface area contributed by atoms with Crippen LogP contribution in [-0.4, -0.2) is 22.0 Å². The molecule has 1 heterocycles. The van der Waals surface area contributed by atoms with E-state index in [2.05, 4.69) is 9.97 Å². The summed E-state index contributed by atoms with van der Waals surface area (Å²) in [6.07, 6.45) is 0. The second-order valence-electron chi connectivity index (χ2n) is 3.74. The van der Waals surface area contributed by atoms with Crippen molar-refractivity contribution in [2.45, 2.75) is 16.8 Å². The Morgan fingerprint density at radius 2 is 2.05 bits per heavy atom. The quantitative estimate of drug-likeness (QED) is 0.372. The molecule has 0 aliphatic rings. The molecule has 0 spiro atoms. The first-order valence-electron chi connectivity index (χ1n) is 5.52. The Kier molecular flexibility index (Phi) is 4.41. The van der Waals surface area contributed by atoms with Crippen LogP contribution >= 0.6 is 23.4 Å². The first kappa shape index (κ1) is 14.5. The van der Waals surface area contributed by atoms with Gasteiger partial charge in [-0.05, 0) is 30.7 Å². The monoisotopic (exact) mass is 311 g/mol. The van der Waals surface area contributed by atoms with E-state index in [1.807, 2.05) is 12.1 Å². The summed E-state index contributed by atoms with van der Waals surface area (Å²) >= 11 is 6.90. The van der Waals surface area contributed by atoms with Crippen LogP contribution in [0.3, 0.4) is 0 Å². The fourth-order valence-electron chi connectivity index (χ4n) is 1.60. The number of aromatic nitrogens is 2. The lowest BCUT2D eigenvalue weighted by Crippen LogP contribution is -2.00. The zero-order valence-electron chi connectivity index (χ0n) is 10.7. The van der Waals surface area contributed by atoms with Crippen LogP contribution in [0.4, 0.5) is 5.69 Å². The van der Waals surface area contributed by atoms with Crippen molar-refractivity contribution in [3.63, 3.8) is 0 Å². The zero-order valence-corrected chi connectivity index (χ0v) is 12.2. The van der Waals surface area contributed by atoms with Gasteiger partial charge < -0.3 is 4.74 Å². The maximum Gasteiger partial charge on any atom is 0.322 e. The van der Waals surface area contributed by atoms with Crippen LogP contribution in [0, 0.1) is 17.0 Å². The number of nitrogens with zero attached hydrogens (tertiary/aromatic N) is 3. The smallest absolute Gasteiger partial charge is 0.322 e. The largest absolute Gasteiger partial charge is 0.496 e. The second kappa shape index (κ2) is 6.06. The van der Waals surface area contributed by atoms with Crippen molar-refractivity contribution in [1.29, 1.82) is 0 Å². The van der Waals surface area contributed by atoms with E-state index in [1.54, 1.807) is 12.1 Å². The summed E-state index contributed by atoms with van der Waals surface area (Å²) in [7, 11) is 1.53. The van der Waals surface area contributed by atoms with E-state index < -0.39 is 4.92 Å². The van der Waals surface area contributed by atoms with E-state index >= 15 is 0 Å². The van der Waals surface area contributed by atoms with Gasteiger partial charge in [-0.15, -0.1) is 0 Å². The predicted octanol–water partition coefficient (Wildman–Crippen LogP) is 3.51. The molecule has 0 saturated carbocycles. The van der Waals surface area contributed by atoms with Gasteiger partial charge in [0.25, 0.3) is 0 Å². The molecular formula is C12H10ClN3O3S. The summed E-state index contributed by atoms with van der Waals surface area (Å²) in [6.45, 7) is 1.53.